The van der Waals surface area contributed by atoms with E-state index in [0.29, 0.717) is 5.56 Å². The molecule has 0 saturated carbocycles. The van der Waals surface area contributed by atoms with Gasteiger partial charge in [-0.05, 0) is 28.8 Å². The third kappa shape index (κ3) is 2.45. The van der Waals surface area contributed by atoms with Crippen molar-refractivity contribution in [3.63, 3.8) is 0 Å². The molecule has 0 aliphatic rings. The van der Waals surface area contributed by atoms with Gasteiger partial charge in [0.2, 0.25) is 0 Å². The lowest BCUT2D eigenvalue weighted by atomic mass is 9.99. The Morgan fingerprint density at radius 3 is 2.50 bits per heavy atom. The van der Waals surface area contributed by atoms with Crippen LogP contribution in [0.15, 0.2) is 67.0 Å². The molecule has 2 aromatic carbocycles. The molecular weight excluding hydrogens is 246 g/mol. The van der Waals surface area contributed by atoms with Gasteiger partial charge < -0.3 is 0 Å². The van der Waals surface area contributed by atoms with Crippen molar-refractivity contribution in [1.82, 2.24) is 9.78 Å². The molecule has 0 bridgehead atoms. The summed E-state index contributed by atoms with van der Waals surface area (Å²) in [5.74, 6) is 0. The van der Waals surface area contributed by atoms with Crippen molar-refractivity contribution < 1.29 is 0 Å². The van der Waals surface area contributed by atoms with Crippen LogP contribution in [0.1, 0.15) is 11.1 Å². The Morgan fingerprint density at radius 1 is 1.00 bits per heavy atom. The number of hydrogen-bond acceptors (Lipinski definition) is 2. The van der Waals surface area contributed by atoms with Gasteiger partial charge in [0.05, 0.1) is 18.2 Å². The Labute approximate surface area is 117 Å². The van der Waals surface area contributed by atoms with Gasteiger partial charge in [-0.3, -0.25) is 4.68 Å². The van der Waals surface area contributed by atoms with Crippen molar-refractivity contribution in [2.45, 2.75) is 6.54 Å². The molecule has 1 heterocycles. The average molecular weight is 259 g/mol. The van der Waals surface area contributed by atoms with Crippen molar-refractivity contribution in [2.75, 3.05) is 0 Å². The van der Waals surface area contributed by atoms with Crippen molar-refractivity contribution in [3.8, 4) is 17.2 Å². The third-order valence-corrected chi connectivity index (χ3v) is 3.22. The van der Waals surface area contributed by atoms with Crippen LogP contribution >= 0.6 is 0 Å². The van der Waals surface area contributed by atoms with Crippen molar-refractivity contribution in [3.05, 3.63) is 78.1 Å². The summed E-state index contributed by atoms with van der Waals surface area (Å²) in [6.07, 6.45) is 3.72. The van der Waals surface area contributed by atoms with E-state index in [1.807, 2.05) is 41.2 Å². The van der Waals surface area contributed by atoms with E-state index in [1.54, 1.807) is 6.20 Å². The van der Waals surface area contributed by atoms with E-state index in [2.05, 4.69) is 35.4 Å². The Kier molecular flexibility index (Phi) is 3.30. The highest BCUT2D eigenvalue weighted by atomic mass is 15.3. The summed E-state index contributed by atoms with van der Waals surface area (Å²) in [5, 5.41) is 13.3. The summed E-state index contributed by atoms with van der Waals surface area (Å²) >= 11 is 0. The van der Waals surface area contributed by atoms with E-state index in [1.165, 1.54) is 5.56 Å². The van der Waals surface area contributed by atoms with Crippen molar-refractivity contribution >= 4 is 0 Å². The lowest BCUT2D eigenvalue weighted by Gasteiger charge is -2.06. The summed E-state index contributed by atoms with van der Waals surface area (Å²) in [5.41, 5.74) is 3.92. The van der Waals surface area contributed by atoms with Gasteiger partial charge in [-0.25, -0.2) is 0 Å². The van der Waals surface area contributed by atoms with Crippen LogP contribution in [0.2, 0.25) is 0 Å². The first-order chi connectivity index (χ1) is 9.86. The summed E-state index contributed by atoms with van der Waals surface area (Å²) in [6.45, 7) is 0.757. The summed E-state index contributed by atoms with van der Waals surface area (Å²) < 4.78 is 1.89. The standard InChI is InChI=1S/C17H13N3/c18-12-16-4-1-2-5-17(16)15-8-6-14(7-9-15)13-20-11-3-10-19-20/h1-11H,13H2. The Balaban J connectivity index is 1.88. The van der Waals surface area contributed by atoms with Gasteiger partial charge in [-0.1, -0.05) is 42.5 Å². The van der Waals surface area contributed by atoms with Gasteiger partial charge in [0.15, 0.2) is 0 Å². The molecule has 1 aromatic heterocycles. The summed E-state index contributed by atoms with van der Waals surface area (Å²) in [4.78, 5) is 0. The molecule has 3 heteroatoms. The molecule has 0 unspecified atom stereocenters. The monoisotopic (exact) mass is 259 g/mol. The number of hydrogen-bond donors (Lipinski definition) is 0. The van der Waals surface area contributed by atoms with E-state index in [4.69, 9.17) is 5.26 Å². The van der Waals surface area contributed by atoms with E-state index in [-0.39, 0.29) is 0 Å². The summed E-state index contributed by atoms with van der Waals surface area (Å²) in [6, 6.07) is 20.0. The van der Waals surface area contributed by atoms with Crippen LogP contribution in [0, 0.1) is 11.3 Å². The highest BCUT2D eigenvalue weighted by Crippen LogP contribution is 2.23. The minimum absolute atomic E-state index is 0.701. The molecule has 0 atom stereocenters. The molecule has 96 valence electrons. The fourth-order valence-corrected chi connectivity index (χ4v) is 2.20. The minimum atomic E-state index is 0.701. The molecule has 0 radical (unpaired) electrons. The lowest BCUT2D eigenvalue weighted by Crippen LogP contribution is -1.99. The molecule has 0 amide bonds. The maximum absolute atomic E-state index is 9.14. The van der Waals surface area contributed by atoms with E-state index in [0.717, 1.165) is 17.7 Å². The predicted octanol–water partition coefficient (Wildman–Crippen LogP) is 3.47. The maximum atomic E-state index is 9.14. The Hall–Kier alpha value is -2.86. The van der Waals surface area contributed by atoms with E-state index >= 15 is 0 Å². The quantitative estimate of drug-likeness (QED) is 0.722. The molecule has 0 fully saturated rings. The molecule has 0 N–H and O–H groups in total. The van der Waals surface area contributed by atoms with Crippen LogP contribution in [0.25, 0.3) is 11.1 Å². The largest absolute Gasteiger partial charge is 0.268 e. The molecule has 0 spiro atoms. The highest BCUT2D eigenvalue weighted by Gasteiger charge is 2.04. The van der Waals surface area contributed by atoms with Gasteiger partial charge >= 0.3 is 0 Å². The van der Waals surface area contributed by atoms with Gasteiger partial charge in [0.1, 0.15) is 0 Å². The first-order valence-electron chi connectivity index (χ1n) is 6.43. The molecule has 20 heavy (non-hydrogen) atoms. The van der Waals surface area contributed by atoms with Crippen molar-refractivity contribution in [2.24, 2.45) is 0 Å². The second kappa shape index (κ2) is 5.41. The number of aromatic nitrogens is 2. The lowest BCUT2D eigenvalue weighted by molar-refractivity contribution is 0.687. The van der Waals surface area contributed by atoms with Gasteiger partial charge in [-0.2, -0.15) is 10.4 Å². The number of benzene rings is 2. The highest BCUT2D eigenvalue weighted by molar-refractivity contribution is 5.70. The predicted molar refractivity (Wildman–Crippen MR) is 77.9 cm³/mol. The van der Waals surface area contributed by atoms with Gasteiger partial charge in [0, 0.05) is 12.4 Å². The fourth-order valence-electron chi connectivity index (χ4n) is 2.20. The number of rotatable bonds is 3. The molecule has 3 rings (SSSR count). The second-order valence-corrected chi connectivity index (χ2v) is 4.56. The first-order valence-corrected chi connectivity index (χ1v) is 6.43. The zero-order valence-corrected chi connectivity index (χ0v) is 10.9. The fraction of sp³-hybridized carbons (Fsp3) is 0.0588. The van der Waals surface area contributed by atoms with Gasteiger partial charge in [-0.15, -0.1) is 0 Å². The first kappa shape index (κ1) is 12.2. The normalized spacial score (nSPS) is 10.2. The molecule has 0 aliphatic heterocycles. The van der Waals surface area contributed by atoms with Crippen LogP contribution < -0.4 is 0 Å². The van der Waals surface area contributed by atoms with Crippen LogP contribution in [-0.2, 0) is 6.54 Å². The smallest absolute Gasteiger partial charge is 0.0998 e. The average Bonchev–Trinajstić information content (AvgIpc) is 3.01. The topological polar surface area (TPSA) is 41.6 Å². The molecular formula is C17H13N3. The number of nitrogens with zero attached hydrogens (tertiary/aromatic N) is 3. The SMILES string of the molecule is N#Cc1ccccc1-c1ccc(Cn2cccn2)cc1. The van der Waals surface area contributed by atoms with Crippen LogP contribution in [-0.4, -0.2) is 9.78 Å². The zero-order chi connectivity index (χ0) is 13.8. The Morgan fingerprint density at radius 2 is 1.80 bits per heavy atom. The molecule has 0 aliphatic carbocycles. The number of nitriles is 1. The Bertz CT molecular complexity index is 735. The van der Waals surface area contributed by atoms with E-state index in [9.17, 15) is 0 Å². The summed E-state index contributed by atoms with van der Waals surface area (Å²) in [7, 11) is 0. The second-order valence-electron chi connectivity index (χ2n) is 4.56. The molecule has 3 aromatic rings. The van der Waals surface area contributed by atoms with E-state index < -0.39 is 0 Å². The van der Waals surface area contributed by atoms with Crippen LogP contribution in [0.4, 0.5) is 0 Å². The molecule has 3 nitrogen and oxygen atoms in total. The molecule has 0 saturated heterocycles. The van der Waals surface area contributed by atoms with Crippen LogP contribution in [0.3, 0.4) is 0 Å². The maximum Gasteiger partial charge on any atom is 0.0998 e. The van der Waals surface area contributed by atoms with Crippen LogP contribution in [0.5, 0.6) is 0 Å². The van der Waals surface area contributed by atoms with Crippen molar-refractivity contribution in [1.29, 1.82) is 5.26 Å². The van der Waals surface area contributed by atoms with Gasteiger partial charge in [0.25, 0.3) is 0 Å². The third-order valence-electron chi connectivity index (χ3n) is 3.22. The minimum Gasteiger partial charge on any atom is -0.268 e. The zero-order valence-electron chi connectivity index (χ0n) is 10.9.